The van der Waals surface area contributed by atoms with Crippen LogP contribution in [0, 0.1) is 0 Å². The predicted octanol–water partition coefficient (Wildman–Crippen LogP) is 1.17. The van der Waals surface area contributed by atoms with Crippen molar-refractivity contribution in [3.63, 3.8) is 0 Å². The molecule has 1 rings (SSSR count). The van der Waals surface area contributed by atoms with E-state index in [1.807, 2.05) is 6.07 Å². The highest BCUT2D eigenvalue weighted by molar-refractivity contribution is 5.75. The summed E-state index contributed by atoms with van der Waals surface area (Å²) in [7, 11) is 0. The monoisotopic (exact) mass is 223 g/mol. The standard InChI is InChI=1S/C12H17NO3/c1-12(2,16)8-13-10(11(14)15)9-6-4-3-5-7-9/h3-7,10,13,16H,8H2,1-2H3,(H,14,15). The zero-order valence-electron chi connectivity index (χ0n) is 9.47. The molecule has 0 spiro atoms. The molecule has 0 saturated heterocycles. The van der Waals surface area contributed by atoms with Crippen molar-refractivity contribution in [1.29, 1.82) is 0 Å². The third-order valence-electron chi connectivity index (χ3n) is 2.12. The van der Waals surface area contributed by atoms with Gasteiger partial charge in [-0.15, -0.1) is 0 Å². The Hall–Kier alpha value is -1.39. The van der Waals surface area contributed by atoms with Crippen molar-refractivity contribution < 1.29 is 15.0 Å². The normalized spacial score (nSPS) is 13.4. The Labute approximate surface area is 94.9 Å². The van der Waals surface area contributed by atoms with Crippen molar-refractivity contribution in [3.05, 3.63) is 35.9 Å². The predicted molar refractivity (Wildman–Crippen MR) is 61.1 cm³/mol. The van der Waals surface area contributed by atoms with Gasteiger partial charge in [0, 0.05) is 6.54 Å². The van der Waals surface area contributed by atoms with E-state index in [4.69, 9.17) is 5.11 Å². The van der Waals surface area contributed by atoms with E-state index < -0.39 is 17.6 Å². The summed E-state index contributed by atoms with van der Waals surface area (Å²) in [5.74, 6) is -0.949. The Kier molecular flexibility index (Phi) is 4.04. The Morgan fingerprint density at radius 2 is 1.94 bits per heavy atom. The van der Waals surface area contributed by atoms with E-state index in [0.29, 0.717) is 5.56 Å². The first-order valence-electron chi connectivity index (χ1n) is 5.14. The second kappa shape index (κ2) is 5.09. The molecule has 0 aromatic heterocycles. The van der Waals surface area contributed by atoms with Crippen LogP contribution in [0.1, 0.15) is 25.5 Å². The Morgan fingerprint density at radius 3 is 2.38 bits per heavy atom. The Morgan fingerprint density at radius 1 is 1.38 bits per heavy atom. The van der Waals surface area contributed by atoms with E-state index in [-0.39, 0.29) is 6.54 Å². The highest BCUT2D eigenvalue weighted by Crippen LogP contribution is 2.13. The molecular weight excluding hydrogens is 206 g/mol. The molecule has 0 aliphatic rings. The van der Waals surface area contributed by atoms with E-state index >= 15 is 0 Å². The van der Waals surface area contributed by atoms with Crippen molar-refractivity contribution in [2.45, 2.75) is 25.5 Å². The van der Waals surface area contributed by atoms with E-state index in [9.17, 15) is 9.90 Å². The van der Waals surface area contributed by atoms with Crippen molar-refractivity contribution in [2.75, 3.05) is 6.54 Å². The van der Waals surface area contributed by atoms with E-state index in [0.717, 1.165) is 0 Å². The van der Waals surface area contributed by atoms with Gasteiger partial charge in [-0.05, 0) is 19.4 Å². The largest absolute Gasteiger partial charge is 0.480 e. The number of hydrogen-bond donors (Lipinski definition) is 3. The lowest BCUT2D eigenvalue weighted by atomic mass is 10.1. The van der Waals surface area contributed by atoms with Crippen LogP contribution in [0.15, 0.2) is 30.3 Å². The average molecular weight is 223 g/mol. The van der Waals surface area contributed by atoms with Gasteiger partial charge in [-0.2, -0.15) is 0 Å². The van der Waals surface area contributed by atoms with Crippen molar-refractivity contribution in [2.24, 2.45) is 0 Å². The van der Waals surface area contributed by atoms with Gasteiger partial charge >= 0.3 is 5.97 Å². The van der Waals surface area contributed by atoms with Gasteiger partial charge in [-0.3, -0.25) is 10.1 Å². The number of hydrogen-bond acceptors (Lipinski definition) is 3. The van der Waals surface area contributed by atoms with Crippen LogP contribution in [0.25, 0.3) is 0 Å². The Bertz CT molecular complexity index is 343. The highest BCUT2D eigenvalue weighted by atomic mass is 16.4. The van der Waals surface area contributed by atoms with Gasteiger partial charge in [0.25, 0.3) is 0 Å². The molecular formula is C12H17NO3. The van der Waals surface area contributed by atoms with Crippen LogP contribution in [0.4, 0.5) is 0 Å². The topological polar surface area (TPSA) is 69.6 Å². The summed E-state index contributed by atoms with van der Waals surface area (Å²) in [6, 6.07) is 8.12. The third kappa shape index (κ3) is 4.00. The molecule has 16 heavy (non-hydrogen) atoms. The van der Waals surface area contributed by atoms with Crippen molar-refractivity contribution >= 4 is 5.97 Å². The summed E-state index contributed by atoms with van der Waals surface area (Å²) in [5.41, 5.74) is -0.248. The molecule has 0 aliphatic heterocycles. The molecule has 1 aromatic rings. The van der Waals surface area contributed by atoms with Gasteiger partial charge in [0.2, 0.25) is 0 Å². The molecule has 0 heterocycles. The molecule has 0 amide bonds. The quantitative estimate of drug-likeness (QED) is 0.701. The number of carboxylic acids is 1. The zero-order chi connectivity index (χ0) is 12.2. The maximum Gasteiger partial charge on any atom is 0.325 e. The number of carbonyl (C=O) groups is 1. The molecule has 88 valence electrons. The number of nitrogens with one attached hydrogen (secondary N) is 1. The lowest BCUT2D eigenvalue weighted by Gasteiger charge is -2.21. The molecule has 4 heteroatoms. The van der Waals surface area contributed by atoms with Crippen LogP contribution in [-0.2, 0) is 4.79 Å². The fourth-order valence-electron chi connectivity index (χ4n) is 1.35. The first kappa shape index (κ1) is 12.7. The van der Waals surface area contributed by atoms with Gasteiger partial charge in [0.1, 0.15) is 6.04 Å². The van der Waals surface area contributed by atoms with Crippen LogP contribution in [0.2, 0.25) is 0 Å². The second-order valence-electron chi connectivity index (χ2n) is 4.38. The molecule has 0 aliphatic carbocycles. The molecule has 1 aromatic carbocycles. The molecule has 0 fully saturated rings. The molecule has 1 unspecified atom stereocenters. The van der Waals surface area contributed by atoms with Crippen LogP contribution in [0.3, 0.4) is 0 Å². The van der Waals surface area contributed by atoms with Crippen molar-refractivity contribution in [3.8, 4) is 0 Å². The van der Waals surface area contributed by atoms with E-state index in [2.05, 4.69) is 5.32 Å². The summed E-state index contributed by atoms with van der Waals surface area (Å²) in [6.07, 6.45) is 0. The molecule has 0 bridgehead atoms. The minimum atomic E-state index is -0.949. The van der Waals surface area contributed by atoms with Crippen LogP contribution >= 0.6 is 0 Å². The lowest BCUT2D eigenvalue weighted by molar-refractivity contribution is -0.139. The maximum absolute atomic E-state index is 11.1. The smallest absolute Gasteiger partial charge is 0.325 e. The minimum Gasteiger partial charge on any atom is -0.480 e. The van der Waals surface area contributed by atoms with Gasteiger partial charge in [0.05, 0.1) is 5.60 Å². The number of carboxylic acid groups (broad SMARTS) is 1. The zero-order valence-corrected chi connectivity index (χ0v) is 9.47. The first-order chi connectivity index (χ1) is 7.40. The van der Waals surface area contributed by atoms with Crippen LogP contribution in [-0.4, -0.2) is 28.3 Å². The summed E-state index contributed by atoms with van der Waals surface area (Å²) in [6.45, 7) is 3.48. The Balaban J connectivity index is 2.74. The number of aliphatic hydroxyl groups is 1. The molecule has 1 atom stereocenters. The fraction of sp³-hybridized carbons (Fsp3) is 0.417. The van der Waals surface area contributed by atoms with Gasteiger partial charge in [-0.1, -0.05) is 30.3 Å². The summed E-state index contributed by atoms with van der Waals surface area (Å²) in [5, 5.41) is 21.4. The third-order valence-corrected chi connectivity index (χ3v) is 2.12. The molecule has 0 saturated carbocycles. The molecule has 4 nitrogen and oxygen atoms in total. The van der Waals surface area contributed by atoms with Gasteiger partial charge in [-0.25, -0.2) is 0 Å². The van der Waals surface area contributed by atoms with Crippen LogP contribution < -0.4 is 5.32 Å². The lowest BCUT2D eigenvalue weighted by Crippen LogP contribution is -2.39. The maximum atomic E-state index is 11.1. The van der Waals surface area contributed by atoms with Crippen LogP contribution in [0.5, 0.6) is 0 Å². The minimum absolute atomic E-state index is 0.221. The summed E-state index contributed by atoms with van der Waals surface area (Å²) in [4.78, 5) is 11.1. The number of aliphatic carboxylic acids is 1. The van der Waals surface area contributed by atoms with Gasteiger partial charge < -0.3 is 10.2 Å². The SMILES string of the molecule is CC(C)(O)CNC(C(=O)O)c1ccccc1. The van der Waals surface area contributed by atoms with E-state index in [1.54, 1.807) is 38.1 Å². The fourth-order valence-corrected chi connectivity index (χ4v) is 1.35. The second-order valence-corrected chi connectivity index (χ2v) is 4.38. The van der Waals surface area contributed by atoms with Gasteiger partial charge in [0.15, 0.2) is 0 Å². The number of benzene rings is 1. The van der Waals surface area contributed by atoms with E-state index in [1.165, 1.54) is 0 Å². The highest BCUT2D eigenvalue weighted by Gasteiger charge is 2.22. The molecule has 0 radical (unpaired) electrons. The average Bonchev–Trinajstić information content (AvgIpc) is 2.17. The molecule has 3 N–H and O–H groups in total. The van der Waals surface area contributed by atoms with Crippen molar-refractivity contribution in [1.82, 2.24) is 5.32 Å². The number of rotatable bonds is 5. The summed E-state index contributed by atoms with van der Waals surface area (Å²) < 4.78 is 0. The first-order valence-corrected chi connectivity index (χ1v) is 5.14. The summed E-state index contributed by atoms with van der Waals surface area (Å²) >= 11 is 0.